The number of hydrogen-bond donors (Lipinski definition) is 1. The molecule has 3 aliphatic heterocycles. The van der Waals surface area contributed by atoms with Gasteiger partial charge < -0.3 is 15.4 Å². The summed E-state index contributed by atoms with van der Waals surface area (Å²) in [5.74, 6) is 0. The van der Waals surface area contributed by atoms with Gasteiger partial charge in [-0.15, -0.1) is 0 Å². The summed E-state index contributed by atoms with van der Waals surface area (Å²) < 4.78 is 5.51. The van der Waals surface area contributed by atoms with Crippen LogP contribution < -0.4 is 5.73 Å². The van der Waals surface area contributed by atoms with E-state index < -0.39 is 0 Å². The first-order chi connectivity index (χ1) is 9.25. The van der Waals surface area contributed by atoms with Gasteiger partial charge in [0.1, 0.15) is 0 Å². The lowest BCUT2D eigenvalue weighted by molar-refractivity contribution is -0.0355. The number of nitrogens with zero attached hydrogens (tertiary/aromatic N) is 2. The van der Waals surface area contributed by atoms with Crippen molar-refractivity contribution in [2.24, 2.45) is 5.73 Å². The lowest BCUT2D eigenvalue weighted by atomic mass is 9.80. The first-order valence-electron chi connectivity index (χ1n) is 8.00. The fourth-order valence-electron chi connectivity index (χ4n) is 4.42. The number of ether oxygens (including phenoxy) is 1. The monoisotopic (exact) mass is 267 g/mol. The van der Waals surface area contributed by atoms with Crippen LogP contribution in [0.25, 0.3) is 0 Å². The zero-order valence-electron chi connectivity index (χ0n) is 12.3. The molecule has 2 unspecified atom stereocenters. The highest BCUT2D eigenvalue weighted by molar-refractivity contribution is 5.02. The van der Waals surface area contributed by atoms with Crippen molar-refractivity contribution in [1.29, 1.82) is 0 Å². The van der Waals surface area contributed by atoms with Gasteiger partial charge in [0.15, 0.2) is 0 Å². The maximum atomic E-state index is 6.24. The Morgan fingerprint density at radius 1 is 1.26 bits per heavy atom. The molecule has 0 aromatic rings. The van der Waals surface area contributed by atoms with E-state index in [1.165, 1.54) is 51.6 Å². The minimum atomic E-state index is 0.244. The van der Waals surface area contributed by atoms with E-state index in [0.717, 1.165) is 25.8 Å². The van der Waals surface area contributed by atoms with E-state index in [-0.39, 0.29) is 5.54 Å². The molecule has 3 rings (SSSR count). The quantitative estimate of drug-likeness (QED) is 0.830. The number of rotatable bonds is 3. The van der Waals surface area contributed by atoms with Crippen molar-refractivity contribution in [3.05, 3.63) is 0 Å². The van der Waals surface area contributed by atoms with Crippen molar-refractivity contribution in [3.63, 3.8) is 0 Å². The van der Waals surface area contributed by atoms with Crippen molar-refractivity contribution < 1.29 is 4.74 Å². The third-order valence-electron chi connectivity index (χ3n) is 5.85. The Morgan fingerprint density at radius 3 is 2.79 bits per heavy atom. The molecule has 3 aliphatic rings. The number of fused-ring (bicyclic) bond motifs is 1. The molecule has 0 radical (unpaired) electrons. The normalized spacial score (nSPS) is 37.7. The molecule has 4 heteroatoms. The molecule has 0 spiro atoms. The topological polar surface area (TPSA) is 41.7 Å². The van der Waals surface area contributed by atoms with Gasteiger partial charge in [-0.1, -0.05) is 0 Å². The summed E-state index contributed by atoms with van der Waals surface area (Å²) >= 11 is 0. The molecule has 3 saturated heterocycles. The zero-order chi connectivity index (χ0) is 13.3. The molecule has 0 aliphatic carbocycles. The summed E-state index contributed by atoms with van der Waals surface area (Å²) in [5.41, 5.74) is 6.48. The van der Waals surface area contributed by atoms with Crippen LogP contribution in [0.5, 0.6) is 0 Å². The van der Waals surface area contributed by atoms with E-state index in [9.17, 15) is 0 Å². The lowest BCUT2D eigenvalue weighted by Gasteiger charge is -2.52. The largest absolute Gasteiger partial charge is 0.381 e. The molecule has 2 N–H and O–H groups in total. The molecule has 0 saturated carbocycles. The molecule has 3 heterocycles. The van der Waals surface area contributed by atoms with E-state index in [1.807, 2.05) is 0 Å². The van der Waals surface area contributed by atoms with Gasteiger partial charge in [0.25, 0.3) is 0 Å². The van der Waals surface area contributed by atoms with Gasteiger partial charge in [0.05, 0.1) is 0 Å². The number of hydrogen-bond acceptors (Lipinski definition) is 4. The van der Waals surface area contributed by atoms with Crippen molar-refractivity contribution in [1.82, 2.24) is 9.80 Å². The van der Waals surface area contributed by atoms with Crippen LogP contribution in [-0.2, 0) is 4.74 Å². The van der Waals surface area contributed by atoms with Gasteiger partial charge in [0, 0.05) is 43.9 Å². The first-order valence-corrected chi connectivity index (χ1v) is 8.00. The predicted molar refractivity (Wildman–Crippen MR) is 77.2 cm³/mol. The molecule has 4 nitrogen and oxygen atoms in total. The Morgan fingerprint density at radius 2 is 2.05 bits per heavy atom. The molecule has 110 valence electrons. The van der Waals surface area contributed by atoms with Crippen LogP contribution >= 0.6 is 0 Å². The maximum Gasteiger partial charge on any atom is 0.0480 e. The average molecular weight is 267 g/mol. The second-order valence-corrected chi connectivity index (χ2v) is 6.67. The second-order valence-electron chi connectivity index (χ2n) is 6.67. The number of likely N-dealkylation sites (N-methyl/N-ethyl adjacent to an activating group) is 1. The first kappa shape index (κ1) is 13.8. The molecular formula is C15H29N3O. The van der Waals surface area contributed by atoms with E-state index in [0.29, 0.717) is 6.04 Å². The minimum absolute atomic E-state index is 0.244. The highest BCUT2D eigenvalue weighted by atomic mass is 16.5. The van der Waals surface area contributed by atoms with Crippen LogP contribution in [0.3, 0.4) is 0 Å². The van der Waals surface area contributed by atoms with Gasteiger partial charge in [0.2, 0.25) is 0 Å². The fraction of sp³-hybridized carbons (Fsp3) is 1.00. The van der Waals surface area contributed by atoms with E-state index >= 15 is 0 Å². The highest BCUT2D eigenvalue weighted by Gasteiger charge is 2.44. The molecule has 3 fully saturated rings. The van der Waals surface area contributed by atoms with Gasteiger partial charge in [-0.2, -0.15) is 0 Å². The van der Waals surface area contributed by atoms with Crippen LogP contribution in [0.4, 0.5) is 0 Å². The number of piperidine rings is 1. The second kappa shape index (κ2) is 5.68. The van der Waals surface area contributed by atoms with Crippen LogP contribution in [0.1, 0.15) is 38.5 Å². The van der Waals surface area contributed by atoms with Crippen LogP contribution in [0.15, 0.2) is 0 Å². The summed E-state index contributed by atoms with van der Waals surface area (Å²) in [4.78, 5) is 5.32. The van der Waals surface area contributed by atoms with Crippen molar-refractivity contribution in [2.45, 2.75) is 56.1 Å². The fourth-order valence-corrected chi connectivity index (χ4v) is 4.42. The predicted octanol–water partition coefficient (Wildman–Crippen LogP) is 1.05. The molecule has 0 aromatic heterocycles. The maximum absolute atomic E-state index is 6.24. The molecule has 0 bridgehead atoms. The summed E-state index contributed by atoms with van der Waals surface area (Å²) in [5, 5.41) is 0. The molecule has 2 atom stereocenters. The standard InChI is InChI=1S/C15H29N3O/c1-17(13-4-9-19-10-5-13)15(12-16)6-8-18-7-2-3-14(18)11-15/h13-14H,2-12,16H2,1H3. The zero-order valence-corrected chi connectivity index (χ0v) is 12.3. The van der Waals surface area contributed by atoms with Crippen LogP contribution in [-0.4, -0.2) is 67.3 Å². The Labute approximate surface area is 117 Å². The van der Waals surface area contributed by atoms with E-state index in [2.05, 4.69) is 16.8 Å². The third kappa shape index (κ3) is 2.56. The summed E-state index contributed by atoms with van der Waals surface area (Å²) in [6.07, 6.45) is 7.63. The third-order valence-corrected chi connectivity index (χ3v) is 5.85. The SMILES string of the molecule is CN(C1CCOCC1)C1(CN)CCN2CCCC2C1. The average Bonchev–Trinajstić information content (AvgIpc) is 2.94. The molecule has 19 heavy (non-hydrogen) atoms. The van der Waals surface area contributed by atoms with Gasteiger partial charge in [-0.05, 0) is 52.1 Å². The Bertz CT molecular complexity index is 306. The van der Waals surface area contributed by atoms with E-state index in [1.54, 1.807) is 0 Å². The Kier molecular flexibility index (Phi) is 4.13. The van der Waals surface area contributed by atoms with Gasteiger partial charge in [-0.3, -0.25) is 4.90 Å². The van der Waals surface area contributed by atoms with Gasteiger partial charge >= 0.3 is 0 Å². The molecule has 0 aromatic carbocycles. The van der Waals surface area contributed by atoms with Gasteiger partial charge in [-0.25, -0.2) is 0 Å². The van der Waals surface area contributed by atoms with Crippen molar-refractivity contribution in [2.75, 3.05) is 39.9 Å². The summed E-state index contributed by atoms with van der Waals surface area (Å²) in [6.45, 7) is 5.21. The van der Waals surface area contributed by atoms with Crippen molar-refractivity contribution >= 4 is 0 Å². The smallest absolute Gasteiger partial charge is 0.0480 e. The Balaban J connectivity index is 1.70. The summed E-state index contributed by atoms with van der Waals surface area (Å²) in [6, 6.07) is 1.46. The highest BCUT2D eigenvalue weighted by Crippen LogP contribution is 2.37. The Hall–Kier alpha value is -0.160. The molecule has 0 amide bonds. The van der Waals surface area contributed by atoms with Crippen molar-refractivity contribution in [3.8, 4) is 0 Å². The van der Waals surface area contributed by atoms with Crippen LogP contribution in [0.2, 0.25) is 0 Å². The summed E-state index contributed by atoms with van der Waals surface area (Å²) in [7, 11) is 2.31. The van der Waals surface area contributed by atoms with Crippen LogP contribution in [0, 0.1) is 0 Å². The number of nitrogens with two attached hydrogens (primary N) is 1. The lowest BCUT2D eigenvalue weighted by Crippen LogP contribution is -2.62. The molecular weight excluding hydrogens is 238 g/mol. The minimum Gasteiger partial charge on any atom is -0.381 e. The van der Waals surface area contributed by atoms with E-state index in [4.69, 9.17) is 10.5 Å².